The molecule has 2 N–H and O–H groups in total. The predicted octanol–water partition coefficient (Wildman–Crippen LogP) is 1.77. The highest BCUT2D eigenvalue weighted by atomic mass is 16.5. The van der Waals surface area contributed by atoms with Crippen LogP contribution in [0.3, 0.4) is 0 Å². The fourth-order valence-corrected chi connectivity index (χ4v) is 4.83. The van der Waals surface area contributed by atoms with Crippen molar-refractivity contribution in [1.82, 2.24) is 4.90 Å². The molecule has 4 heteroatoms. The van der Waals surface area contributed by atoms with Crippen LogP contribution in [0.1, 0.15) is 47.0 Å². The number of hydrogen-bond donors (Lipinski definition) is 1. The molecule has 4 nitrogen and oxygen atoms in total. The summed E-state index contributed by atoms with van der Waals surface area (Å²) >= 11 is 0. The van der Waals surface area contributed by atoms with Crippen LogP contribution in [0, 0.1) is 5.41 Å². The maximum atomic E-state index is 6.41. The van der Waals surface area contributed by atoms with Gasteiger partial charge in [0, 0.05) is 43.8 Å². The van der Waals surface area contributed by atoms with Gasteiger partial charge in [0.15, 0.2) is 0 Å². The van der Waals surface area contributed by atoms with Crippen molar-refractivity contribution in [1.29, 1.82) is 0 Å². The number of nitrogens with two attached hydrogens (primary N) is 1. The summed E-state index contributed by atoms with van der Waals surface area (Å²) in [5.41, 5.74) is 6.55. The van der Waals surface area contributed by atoms with Gasteiger partial charge >= 0.3 is 0 Å². The van der Waals surface area contributed by atoms with E-state index in [1.165, 1.54) is 0 Å². The smallest absolute Gasteiger partial charge is 0.0760 e. The van der Waals surface area contributed by atoms with Gasteiger partial charge < -0.3 is 15.2 Å². The van der Waals surface area contributed by atoms with Crippen LogP contribution < -0.4 is 5.73 Å². The minimum atomic E-state index is -0.0756. The van der Waals surface area contributed by atoms with Crippen molar-refractivity contribution in [3.63, 3.8) is 0 Å². The molecule has 0 bridgehead atoms. The third kappa shape index (κ3) is 2.41. The largest absolute Gasteiger partial charge is 0.381 e. The monoisotopic (exact) mass is 282 g/mol. The maximum absolute atomic E-state index is 6.41. The first kappa shape index (κ1) is 14.8. The Kier molecular flexibility index (Phi) is 3.45. The summed E-state index contributed by atoms with van der Waals surface area (Å²) in [6.45, 7) is 12.6. The summed E-state index contributed by atoms with van der Waals surface area (Å²) in [4.78, 5) is 2.65. The van der Waals surface area contributed by atoms with E-state index >= 15 is 0 Å². The lowest BCUT2D eigenvalue weighted by Crippen LogP contribution is -2.72. The van der Waals surface area contributed by atoms with Crippen LogP contribution in [0.15, 0.2) is 0 Å². The van der Waals surface area contributed by atoms with Crippen molar-refractivity contribution in [2.75, 3.05) is 26.3 Å². The molecule has 2 aliphatic heterocycles. The first-order chi connectivity index (χ1) is 9.24. The van der Waals surface area contributed by atoms with Gasteiger partial charge in [-0.2, -0.15) is 0 Å². The predicted molar refractivity (Wildman–Crippen MR) is 79.7 cm³/mol. The molecule has 1 spiro atoms. The normalized spacial score (nSPS) is 39.5. The van der Waals surface area contributed by atoms with E-state index in [-0.39, 0.29) is 11.2 Å². The fraction of sp³-hybridized carbons (Fsp3) is 1.00. The molecule has 20 heavy (non-hydrogen) atoms. The summed E-state index contributed by atoms with van der Waals surface area (Å²) in [6, 6.07) is 0.967. The molecule has 3 aliphatic rings. The lowest BCUT2D eigenvalue weighted by atomic mass is 9.56. The van der Waals surface area contributed by atoms with E-state index in [1.54, 1.807) is 0 Å². The van der Waals surface area contributed by atoms with Crippen LogP contribution in [-0.2, 0) is 9.47 Å². The standard InChI is InChI=1S/C16H30N2O2/c1-14(2)10-18(11-15(3,4)20-14)13-9-12(17)16(13)5-7-19-8-6-16/h12-13H,5-11,17H2,1-4H3. The van der Waals surface area contributed by atoms with Crippen LogP contribution in [0.5, 0.6) is 0 Å². The Hall–Kier alpha value is -0.160. The van der Waals surface area contributed by atoms with E-state index in [1.807, 2.05) is 0 Å². The Labute approximate surface area is 123 Å². The molecule has 0 aromatic heterocycles. The number of rotatable bonds is 1. The van der Waals surface area contributed by atoms with Crippen LogP contribution >= 0.6 is 0 Å². The summed E-state index contributed by atoms with van der Waals surface area (Å²) in [6.07, 6.45) is 3.38. The second-order valence-corrected chi connectivity index (χ2v) is 8.23. The topological polar surface area (TPSA) is 47.7 Å². The van der Waals surface area contributed by atoms with Crippen molar-refractivity contribution in [3.8, 4) is 0 Å². The Morgan fingerprint density at radius 3 is 2.05 bits per heavy atom. The number of morpholine rings is 1. The van der Waals surface area contributed by atoms with Gasteiger partial charge in [0.25, 0.3) is 0 Å². The van der Waals surface area contributed by atoms with E-state index in [4.69, 9.17) is 15.2 Å². The molecule has 2 heterocycles. The van der Waals surface area contributed by atoms with Crippen molar-refractivity contribution in [3.05, 3.63) is 0 Å². The summed E-state index contributed by atoms with van der Waals surface area (Å²) < 4.78 is 11.8. The molecule has 1 saturated carbocycles. The molecule has 0 radical (unpaired) electrons. The Morgan fingerprint density at radius 1 is 1.00 bits per heavy atom. The summed E-state index contributed by atoms with van der Waals surface area (Å²) in [5, 5.41) is 0. The van der Waals surface area contributed by atoms with Gasteiger partial charge in [-0.1, -0.05) is 0 Å². The van der Waals surface area contributed by atoms with Crippen LogP contribution in [0.4, 0.5) is 0 Å². The second-order valence-electron chi connectivity index (χ2n) is 8.23. The Bertz CT molecular complexity index is 359. The molecule has 3 fully saturated rings. The summed E-state index contributed by atoms with van der Waals surface area (Å²) in [7, 11) is 0. The van der Waals surface area contributed by atoms with Gasteiger partial charge in [-0.05, 0) is 47.0 Å². The average molecular weight is 282 g/mol. The lowest BCUT2D eigenvalue weighted by Gasteiger charge is -2.63. The highest BCUT2D eigenvalue weighted by molar-refractivity contribution is 5.12. The maximum Gasteiger partial charge on any atom is 0.0760 e. The first-order valence-electron chi connectivity index (χ1n) is 8.02. The molecule has 116 valence electrons. The molecular formula is C16H30N2O2. The van der Waals surface area contributed by atoms with Crippen molar-refractivity contribution >= 4 is 0 Å². The number of nitrogens with zero attached hydrogens (tertiary/aromatic N) is 1. The highest BCUT2D eigenvalue weighted by Crippen LogP contribution is 2.51. The van der Waals surface area contributed by atoms with E-state index in [9.17, 15) is 0 Å². The zero-order valence-electron chi connectivity index (χ0n) is 13.4. The van der Waals surface area contributed by atoms with Crippen LogP contribution in [0.25, 0.3) is 0 Å². The number of hydrogen-bond acceptors (Lipinski definition) is 4. The van der Waals surface area contributed by atoms with Crippen LogP contribution in [0.2, 0.25) is 0 Å². The SMILES string of the molecule is CC1(C)CN(C2CC(N)C23CCOCC3)CC(C)(C)O1. The third-order valence-electron chi connectivity index (χ3n) is 5.46. The van der Waals surface area contributed by atoms with Crippen molar-refractivity contribution in [2.24, 2.45) is 11.1 Å². The molecule has 0 amide bonds. The molecule has 0 aromatic rings. The Morgan fingerprint density at radius 2 is 1.55 bits per heavy atom. The second kappa shape index (κ2) is 4.67. The van der Waals surface area contributed by atoms with Gasteiger partial charge in [-0.3, -0.25) is 4.90 Å². The van der Waals surface area contributed by atoms with Gasteiger partial charge in [0.05, 0.1) is 11.2 Å². The van der Waals surface area contributed by atoms with E-state index < -0.39 is 0 Å². The van der Waals surface area contributed by atoms with E-state index in [0.29, 0.717) is 17.5 Å². The Balaban J connectivity index is 1.78. The van der Waals surface area contributed by atoms with E-state index in [0.717, 1.165) is 45.6 Å². The molecule has 2 unspecified atom stereocenters. The average Bonchev–Trinajstić information content (AvgIpc) is 2.33. The quantitative estimate of drug-likeness (QED) is 0.796. The molecular weight excluding hydrogens is 252 g/mol. The zero-order chi connectivity index (χ0) is 14.6. The van der Waals surface area contributed by atoms with Gasteiger partial charge in [0.1, 0.15) is 0 Å². The van der Waals surface area contributed by atoms with Crippen molar-refractivity contribution in [2.45, 2.75) is 70.2 Å². The first-order valence-corrected chi connectivity index (χ1v) is 8.02. The number of ether oxygens (including phenoxy) is 2. The molecule has 2 saturated heterocycles. The highest BCUT2D eigenvalue weighted by Gasteiger charge is 2.57. The van der Waals surface area contributed by atoms with Gasteiger partial charge in [-0.15, -0.1) is 0 Å². The van der Waals surface area contributed by atoms with Gasteiger partial charge in [0.2, 0.25) is 0 Å². The molecule has 1 aliphatic carbocycles. The summed E-state index contributed by atoms with van der Waals surface area (Å²) in [5.74, 6) is 0. The van der Waals surface area contributed by atoms with E-state index in [2.05, 4.69) is 32.6 Å². The minimum Gasteiger partial charge on any atom is -0.381 e. The lowest BCUT2D eigenvalue weighted by molar-refractivity contribution is -0.216. The minimum absolute atomic E-state index is 0.0756. The molecule has 2 atom stereocenters. The molecule has 3 rings (SSSR count). The fourth-order valence-electron chi connectivity index (χ4n) is 4.83. The van der Waals surface area contributed by atoms with Gasteiger partial charge in [-0.25, -0.2) is 0 Å². The van der Waals surface area contributed by atoms with Crippen molar-refractivity contribution < 1.29 is 9.47 Å². The zero-order valence-corrected chi connectivity index (χ0v) is 13.4. The van der Waals surface area contributed by atoms with Crippen LogP contribution in [-0.4, -0.2) is 54.5 Å². The third-order valence-corrected chi connectivity index (χ3v) is 5.46. The molecule has 0 aromatic carbocycles.